The predicted molar refractivity (Wildman–Crippen MR) is 67.5 cm³/mol. The number of hydrogen-bond acceptors (Lipinski definition) is 1. The number of aryl methyl sites for hydroxylation is 1. The van der Waals surface area contributed by atoms with Gasteiger partial charge in [0.05, 0.1) is 0 Å². The van der Waals surface area contributed by atoms with Crippen LogP contribution in [0, 0.1) is 5.41 Å². The Morgan fingerprint density at radius 2 is 2.00 bits per heavy atom. The van der Waals surface area contributed by atoms with Crippen molar-refractivity contribution in [2.24, 2.45) is 12.5 Å². The van der Waals surface area contributed by atoms with Gasteiger partial charge in [-0.1, -0.05) is 26.0 Å². The lowest BCUT2D eigenvalue weighted by atomic mass is 9.86. The van der Waals surface area contributed by atoms with Gasteiger partial charge in [0, 0.05) is 25.4 Å². The molecule has 0 atom stereocenters. The van der Waals surface area contributed by atoms with Crippen LogP contribution < -0.4 is 0 Å². The largest absolute Gasteiger partial charge is 0.396 e. The maximum absolute atomic E-state index is 9.28. The number of nitrogens with zero attached hydrogens (tertiary/aromatic N) is 1. The van der Waals surface area contributed by atoms with Gasteiger partial charge < -0.3 is 9.67 Å². The molecule has 1 aromatic heterocycles. The fourth-order valence-electron chi connectivity index (χ4n) is 2.03. The van der Waals surface area contributed by atoms with Crippen LogP contribution in [0.4, 0.5) is 0 Å². The van der Waals surface area contributed by atoms with Gasteiger partial charge in [-0.2, -0.15) is 0 Å². The summed E-state index contributed by atoms with van der Waals surface area (Å²) in [6, 6.07) is 8.64. The Hall–Kier alpha value is -1.28. The maximum atomic E-state index is 9.28. The Morgan fingerprint density at radius 1 is 1.25 bits per heavy atom. The normalized spacial score (nSPS) is 12.2. The van der Waals surface area contributed by atoms with E-state index in [1.54, 1.807) is 0 Å². The van der Waals surface area contributed by atoms with Gasteiger partial charge in [0.15, 0.2) is 0 Å². The number of aliphatic hydroxyl groups is 1. The molecular formula is C14H19NO. The summed E-state index contributed by atoms with van der Waals surface area (Å²) in [6.45, 7) is 4.39. The third-order valence-electron chi connectivity index (χ3n) is 3.06. The standard InChI is InChI=1S/C14H19NO/c1-14(2,10-16)9-11-4-5-12-6-7-15(3)13(12)8-11/h4-8,16H,9-10H2,1-3H3. The number of hydrogen-bond donors (Lipinski definition) is 1. The smallest absolute Gasteiger partial charge is 0.0485 e. The van der Waals surface area contributed by atoms with Gasteiger partial charge in [-0.25, -0.2) is 0 Å². The van der Waals surface area contributed by atoms with Crippen LogP contribution in [0.2, 0.25) is 0 Å². The van der Waals surface area contributed by atoms with Crippen molar-refractivity contribution < 1.29 is 5.11 Å². The van der Waals surface area contributed by atoms with E-state index in [2.05, 4.69) is 55.9 Å². The van der Waals surface area contributed by atoms with Crippen molar-refractivity contribution in [3.05, 3.63) is 36.0 Å². The Kier molecular flexibility index (Phi) is 2.76. The minimum absolute atomic E-state index is 0.0428. The van der Waals surface area contributed by atoms with Crippen LogP contribution in [0.1, 0.15) is 19.4 Å². The van der Waals surface area contributed by atoms with Crippen LogP contribution in [0.5, 0.6) is 0 Å². The molecule has 2 aromatic rings. The molecule has 2 heteroatoms. The molecular weight excluding hydrogens is 198 g/mol. The topological polar surface area (TPSA) is 25.2 Å². The van der Waals surface area contributed by atoms with E-state index in [1.165, 1.54) is 16.5 Å². The van der Waals surface area contributed by atoms with Crippen LogP contribution in [-0.2, 0) is 13.5 Å². The van der Waals surface area contributed by atoms with Crippen LogP contribution in [0.25, 0.3) is 10.9 Å². The maximum Gasteiger partial charge on any atom is 0.0485 e. The summed E-state index contributed by atoms with van der Waals surface area (Å²) in [5, 5.41) is 10.5. The number of aromatic nitrogens is 1. The fraction of sp³-hybridized carbons (Fsp3) is 0.429. The van der Waals surface area contributed by atoms with Gasteiger partial charge >= 0.3 is 0 Å². The molecule has 0 spiro atoms. The predicted octanol–water partition coefficient (Wildman–Crippen LogP) is 2.74. The minimum Gasteiger partial charge on any atom is -0.396 e. The highest BCUT2D eigenvalue weighted by Crippen LogP contribution is 2.24. The van der Waals surface area contributed by atoms with Crippen LogP contribution in [0.3, 0.4) is 0 Å². The minimum atomic E-state index is -0.0428. The van der Waals surface area contributed by atoms with E-state index in [1.807, 2.05) is 0 Å². The second-order valence-electron chi connectivity index (χ2n) is 5.32. The Labute approximate surface area is 96.5 Å². The van der Waals surface area contributed by atoms with E-state index in [0.29, 0.717) is 0 Å². The van der Waals surface area contributed by atoms with Gasteiger partial charge in [-0.05, 0) is 34.9 Å². The van der Waals surface area contributed by atoms with Crippen molar-refractivity contribution in [1.82, 2.24) is 4.57 Å². The molecule has 2 rings (SSSR count). The molecule has 2 nitrogen and oxygen atoms in total. The molecule has 1 heterocycles. The third kappa shape index (κ3) is 2.12. The summed E-state index contributed by atoms with van der Waals surface area (Å²) >= 11 is 0. The molecule has 86 valence electrons. The van der Waals surface area contributed by atoms with E-state index in [9.17, 15) is 5.11 Å². The zero-order chi connectivity index (χ0) is 11.8. The van der Waals surface area contributed by atoms with E-state index in [-0.39, 0.29) is 12.0 Å². The van der Waals surface area contributed by atoms with Gasteiger partial charge in [0.2, 0.25) is 0 Å². The summed E-state index contributed by atoms with van der Waals surface area (Å²) in [5.74, 6) is 0. The van der Waals surface area contributed by atoms with Crippen molar-refractivity contribution in [2.45, 2.75) is 20.3 Å². The Bertz CT molecular complexity index is 496. The molecule has 1 aromatic carbocycles. The average Bonchev–Trinajstić information content (AvgIpc) is 2.60. The zero-order valence-corrected chi connectivity index (χ0v) is 10.2. The molecule has 1 N–H and O–H groups in total. The molecule has 0 amide bonds. The highest BCUT2D eigenvalue weighted by Gasteiger charge is 2.17. The van der Waals surface area contributed by atoms with Crippen LogP contribution in [-0.4, -0.2) is 16.3 Å². The van der Waals surface area contributed by atoms with E-state index >= 15 is 0 Å². The second kappa shape index (κ2) is 3.95. The summed E-state index contributed by atoms with van der Waals surface area (Å²) < 4.78 is 2.13. The Morgan fingerprint density at radius 3 is 2.69 bits per heavy atom. The third-order valence-corrected chi connectivity index (χ3v) is 3.06. The molecule has 0 fully saturated rings. The lowest BCUT2D eigenvalue weighted by Crippen LogP contribution is -2.19. The van der Waals surface area contributed by atoms with E-state index < -0.39 is 0 Å². The number of benzene rings is 1. The number of aliphatic hydroxyl groups excluding tert-OH is 1. The second-order valence-corrected chi connectivity index (χ2v) is 5.32. The van der Waals surface area contributed by atoms with Crippen LogP contribution >= 0.6 is 0 Å². The zero-order valence-electron chi connectivity index (χ0n) is 10.2. The van der Waals surface area contributed by atoms with Gasteiger partial charge in [-0.3, -0.25) is 0 Å². The molecule has 0 radical (unpaired) electrons. The highest BCUT2D eigenvalue weighted by molar-refractivity contribution is 5.80. The molecule has 0 saturated heterocycles. The molecule has 16 heavy (non-hydrogen) atoms. The lowest BCUT2D eigenvalue weighted by molar-refractivity contribution is 0.159. The molecule has 0 bridgehead atoms. The van der Waals surface area contributed by atoms with E-state index in [0.717, 1.165) is 6.42 Å². The first kappa shape index (κ1) is 11.2. The van der Waals surface area contributed by atoms with Crippen molar-refractivity contribution in [3.8, 4) is 0 Å². The van der Waals surface area contributed by atoms with Crippen molar-refractivity contribution in [1.29, 1.82) is 0 Å². The summed E-state index contributed by atoms with van der Waals surface area (Å²) in [5.41, 5.74) is 2.50. The molecule has 0 saturated carbocycles. The van der Waals surface area contributed by atoms with Crippen molar-refractivity contribution >= 4 is 10.9 Å². The summed E-state index contributed by atoms with van der Waals surface area (Å²) in [7, 11) is 2.06. The van der Waals surface area contributed by atoms with Gasteiger partial charge in [0.25, 0.3) is 0 Å². The fourth-order valence-corrected chi connectivity index (χ4v) is 2.03. The van der Waals surface area contributed by atoms with Crippen molar-refractivity contribution in [3.63, 3.8) is 0 Å². The number of fused-ring (bicyclic) bond motifs is 1. The average molecular weight is 217 g/mol. The Balaban J connectivity index is 2.35. The monoisotopic (exact) mass is 217 g/mol. The van der Waals surface area contributed by atoms with E-state index in [4.69, 9.17) is 0 Å². The van der Waals surface area contributed by atoms with Crippen molar-refractivity contribution in [2.75, 3.05) is 6.61 Å². The van der Waals surface area contributed by atoms with Gasteiger partial charge in [-0.15, -0.1) is 0 Å². The summed E-state index contributed by atoms with van der Waals surface area (Å²) in [6.07, 6.45) is 2.98. The first-order valence-electron chi connectivity index (χ1n) is 5.67. The highest BCUT2D eigenvalue weighted by atomic mass is 16.3. The molecule has 0 aliphatic rings. The SMILES string of the molecule is Cn1ccc2ccc(CC(C)(C)CO)cc21. The first-order chi connectivity index (χ1) is 7.52. The number of rotatable bonds is 3. The molecule has 0 aliphatic carbocycles. The first-order valence-corrected chi connectivity index (χ1v) is 5.67. The van der Waals surface area contributed by atoms with Gasteiger partial charge in [0.1, 0.15) is 0 Å². The lowest BCUT2D eigenvalue weighted by Gasteiger charge is -2.21. The molecule has 0 aliphatic heterocycles. The van der Waals surface area contributed by atoms with Crippen LogP contribution in [0.15, 0.2) is 30.5 Å². The molecule has 0 unspecified atom stereocenters. The quantitative estimate of drug-likeness (QED) is 0.840. The summed E-state index contributed by atoms with van der Waals surface area (Å²) in [4.78, 5) is 0.